The highest BCUT2D eigenvalue weighted by molar-refractivity contribution is 9.10. The van der Waals surface area contributed by atoms with Crippen molar-refractivity contribution in [1.82, 2.24) is 21.3 Å². The smallest absolute Gasteiger partial charge is 0.329 e. The topological polar surface area (TPSA) is 143 Å². The molecule has 2 rings (SSSR count). The van der Waals surface area contributed by atoms with Crippen molar-refractivity contribution in [2.24, 2.45) is 23.7 Å². The Balaban J connectivity index is 2.60. The lowest BCUT2D eigenvalue weighted by molar-refractivity contribution is -0.160. The molecule has 240 valence electrons. The quantitative estimate of drug-likeness (QED) is 0.297. The Hall–Kier alpha value is -2.95. The molecule has 0 bridgehead atoms. The Morgan fingerprint density at radius 2 is 1.12 bits per heavy atom. The summed E-state index contributed by atoms with van der Waals surface area (Å²) in [6.07, 6.45) is -0.195. The number of amides is 4. The van der Waals surface area contributed by atoms with E-state index in [1.807, 2.05) is 65.8 Å². The Labute approximate surface area is 264 Å². The molecule has 4 N–H and O–H groups in total. The molecule has 1 aromatic rings. The number of carbonyl (C=O) groups excluding carboxylic acids is 5. The second-order valence-corrected chi connectivity index (χ2v) is 14.0. The predicted octanol–water partition coefficient (Wildman–Crippen LogP) is 3.65. The molecule has 1 fully saturated rings. The van der Waals surface area contributed by atoms with Crippen LogP contribution in [0.15, 0.2) is 28.7 Å². The van der Waals surface area contributed by atoms with Gasteiger partial charge in [-0.15, -0.1) is 0 Å². The molecule has 1 aliphatic heterocycles. The SMILES string of the molecule is CC(C)C[C@@H]1NC(=O)[C@H](C(C)C)NC(=O)[C@H](CC(C)C)OC(=O)[C@H](CC(C)C)NC(=O)[C@H](Cc2ccc(Br)cc2)NC1=O. The molecule has 0 aromatic heterocycles. The average molecular weight is 666 g/mol. The third-order valence-electron chi connectivity index (χ3n) is 7.12. The van der Waals surface area contributed by atoms with E-state index < -0.39 is 59.9 Å². The van der Waals surface area contributed by atoms with Crippen LogP contribution in [0.5, 0.6) is 0 Å². The highest BCUT2D eigenvalue weighted by atomic mass is 79.9. The number of rotatable bonds is 9. The van der Waals surface area contributed by atoms with Gasteiger partial charge >= 0.3 is 5.97 Å². The normalized spacial score (nSPS) is 24.7. The maximum atomic E-state index is 13.8. The summed E-state index contributed by atoms with van der Waals surface area (Å²) in [7, 11) is 0. The van der Waals surface area contributed by atoms with Crippen LogP contribution >= 0.6 is 15.9 Å². The van der Waals surface area contributed by atoms with Crippen molar-refractivity contribution >= 4 is 45.5 Å². The van der Waals surface area contributed by atoms with E-state index in [4.69, 9.17) is 4.74 Å². The summed E-state index contributed by atoms with van der Waals surface area (Å²) in [5.41, 5.74) is 0.792. The summed E-state index contributed by atoms with van der Waals surface area (Å²) in [5, 5.41) is 11.2. The number of hydrogen-bond donors (Lipinski definition) is 4. The van der Waals surface area contributed by atoms with Gasteiger partial charge in [0.05, 0.1) is 0 Å². The van der Waals surface area contributed by atoms with Gasteiger partial charge in [0.25, 0.3) is 5.91 Å². The van der Waals surface area contributed by atoms with E-state index in [1.54, 1.807) is 13.8 Å². The summed E-state index contributed by atoms with van der Waals surface area (Å²) in [6.45, 7) is 15.1. The Morgan fingerprint density at radius 3 is 1.65 bits per heavy atom. The van der Waals surface area contributed by atoms with Gasteiger partial charge in [0.2, 0.25) is 17.7 Å². The fraction of sp³-hybridized carbons (Fsp3) is 0.656. The zero-order chi connectivity index (χ0) is 32.4. The monoisotopic (exact) mass is 664 g/mol. The van der Waals surface area contributed by atoms with Gasteiger partial charge in [-0.25, -0.2) is 4.79 Å². The second-order valence-electron chi connectivity index (χ2n) is 13.1. The van der Waals surface area contributed by atoms with Crippen molar-refractivity contribution in [1.29, 1.82) is 0 Å². The fourth-order valence-corrected chi connectivity index (χ4v) is 5.16. The van der Waals surface area contributed by atoms with Crippen molar-refractivity contribution in [3.05, 3.63) is 34.3 Å². The minimum absolute atomic E-state index is 0.00244. The summed E-state index contributed by atoms with van der Waals surface area (Å²) in [6, 6.07) is 3.35. The zero-order valence-electron chi connectivity index (χ0n) is 26.7. The number of cyclic esters (lactones) is 1. The van der Waals surface area contributed by atoms with Crippen molar-refractivity contribution in [2.75, 3.05) is 0 Å². The number of ether oxygens (including phenoxy) is 1. The molecule has 43 heavy (non-hydrogen) atoms. The molecule has 1 saturated heterocycles. The van der Waals surface area contributed by atoms with Gasteiger partial charge in [0, 0.05) is 10.9 Å². The first-order valence-electron chi connectivity index (χ1n) is 15.2. The lowest BCUT2D eigenvalue weighted by atomic mass is 9.98. The number of nitrogens with one attached hydrogen (secondary N) is 4. The van der Waals surface area contributed by atoms with Crippen molar-refractivity contribution in [2.45, 2.75) is 111 Å². The number of esters is 1. The van der Waals surface area contributed by atoms with Crippen LogP contribution in [0.1, 0.15) is 80.2 Å². The Bertz CT molecular complexity index is 1120. The highest BCUT2D eigenvalue weighted by Gasteiger charge is 2.37. The van der Waals surface area contributed by atoms with Crippen LogP contribution in [-0.4, -0.2) is 59.9 Å². The molecule has 0 spiro atoms. The van der Waals surface area contributed by atoms with E-state index in [2.05, 4.69) is 37.2 Å². The summed E-state index contributed by atoms with van der Waals surface area (Å²) in [4.78, 5) is 67.9. The van der Waals surface area contributed by atoms with Gasteiger partial charge < -0.3 is 26.0 Å². The molecule has 1 aromatic carbocycles. The van der Waals surface area contributed by atoms with Crippen molar-refractivity contribution in [3.63, 3.8) is 0 Å². The van der Waals surface area contributed by atoms with Gasteiger partial charge in [0.1, 0.15) is 24.2 Å². The standard InChI is InChI=1S/C32H49BrN4O6/c1-17(2)13-23-28(38)34-24(16-21-9-11-22(33)12-10-21)29(39)36-25(14-18(3)4)32(42)43-26(15-19(5)6)30(40)37-27(20(7)8)31(41)35-23/h9-12,17-20,23-27H,13-16H2,1-8H3,(H,34,38)(H,35,41)(H,36,39)(H,37,40)/t23-,24-,25-,26-,27-/m0/s1. The molecule has 4 amide bonds. The van der Waals surface area contributed by atoms with Crippen LogP contribution in [0, 0.1) is 23.7 Å². The number of carbonyl (C=O) groups is 5. The molecule has 0 saturated carbocycles. The van der Waals surface area contributed by atoms with E-state index in [9.17, 15) is 24.0 Å². The van der Waals surface area contributed by atoms with E-state index in [-0.39, 0.29) is 42.9 Å². The first kappa shape index (κ1) is 36.2. The third-order valence-corrected chi connectivity index (χ3v) is 7.65. The fourth-order valence-electron chi connectivity index (χ4n) is 4.90. The van der Waals surface area contributed by atoms with Gasteiger partial charge in [-0.3, -0.25) is 19.2 Å². The lowest BCUT2D eigenvalue weighted by Gasteiger charge is -2.28. The van der Waals surface area contributed by atoms with Crippen molar-refractivity contribution < 1.29 is 28.7 Å². The molecule has 1 aliphatic rings. The molecular weight excluding hydrogens is 616 g/mol. The van der Waals surface area contributed by atoms with Gasteiger partial charge in [-0.2, -0.15) is 0 Å². The van der Waals surface area contributed by atoms with Crippen molar-refractivity contribution in [3.8, 4) is 0 Å². The van der Waals surface area contributed by atoms with Crippen LogP contribution in [0.2, 0.25) is 0 Å². The maximum absolute atomic E-state index is 13.8. The minimum atomic E-state index is -1.16. The summed E-state index contributed by atoms with van der Waals surface area (Å²) >= 11 is 3.41. The third kappa shape index (κ3) is 11.9. The lowest BCUT2D eigenvalue weighted by Crippen LogP contribution is -2.59. The van der Waals surface area contributed by atoms with E-state index in [0.717, 1.165) is 10.0 Å². The molecule has 1 heterocycles. The first-order chi connectivity index (χ1) is 20.1. The molecule has 0 aliphatic carbocycles. The van der Waals surface area contributed by atoms with Crippen LogP contribution in [-0.2, 0) is 35.1 Å². The van der Waals surface area contributed by atoms with Gasteiger partial charge in [-0.05, 0) is 60.6 Å². The largest absolute Gasteiger partial charge is 0.451 e. The van der Waals surface area contributed by atoms with Crippen LogP contribution in [0.4, 0.5) is 0 Å². The molecule has 5 atom stereocenters. The number of benzene rings is 1. The first-order valence-corrected chi connectivity index (χ1v) is 16.0. The number of halogens is 1. The van der Waals surface area contributed by atoms with Crippen LogP contribution in [0.25, 0.3) is 0 Å². The van der Waals surface area contributed by atoms with Crippen LogP contribution in [0.3, 0.4) is 0 Å². The molecular formula is C32H49BrN4O6. The maximum Gasteiger partial charge on any atom is 0.329 e. The second kappa shape index (κ2) is 16.8. The minimum Gasteiger partial charge on any atom is -0.451 e. The van der Waals surface area contributed by atoms with E-state index in [0.29, 0.717) is 6.42 Å². The van der Waals surface area contributed by atoms with E-state index in [1.165, 1.54) is 0 Å². The molecule has 0 radical (unpaired) electrons. The summed E-state index contributed by atoms with van der Waals surface area (Å²) < 4.78 is 6.61. The van der Waals surface area contributed by atoms with Gasteiger partial charge in [0.15, 0.2) is 6.10 Å². The molecule has 11 heteroatoms. The predicted molar refractivity (Wildman–Crippen MR) is 169 cm³/mol. The summed E-state index contributed by atoms with van der Waals surface area (Å²) in [5.74, 6) is -3.21. The Kier molecular flexibility index (Phi) is 14.1. The molecule has 0 unspecified atom stereocenters. The Morgan fingerprint density at radius 1 is 0.628 bits per heavy atom. The van der Waals surface area contributed by atoms with E-state index >= 15 is 0 Å². The molecule has 10 nitrogen and oxygen atoms in total. The van der Waals surface area contributed by atoms with Gasteiger partial charge in [-0.1, -0.05) is 83.5 Å². The highest BCUT2D eigenvalue weighted by Crippen LogP contribution is 2.17. The average Bonchev–Trinajstić information content (AvgIpc) is 2.89. The number of hydrogen-bond acceptors (Lipinski definition) is 6. The zero-order valence-corrected chi connectivity index (χ0v) is 28.2. The van der Waals surface area contributed by atoms with Crippen LogP contribution < -0.4 is 21.3 Å².